The fourth-order valence-corrected chi connectivity index (χ4v) is 2.68. The summed E-state index contributed by atoms with van der Waals surface area (Å²) in [5, 5.41) is 3.60. The van der Waals surface area contributed by atoms with Crippen LogP contribution < -0.4 is 5.32 Å². The van der Waals surface area contributed by atoms with Gasteiger partial charge in [0.15, 0.2) is 0 Å². The Labute approximate surface area is 112 Å². The fraction of sp³-hybridized carbons (Fsp3) is 0.571. The molecular formula is C14H20BrNO. The molecular weight excluding hydrogens is 278 g/mol. The minimum atomic E-state index is 0.389. The number of nitrogens with one attached hydrogen (secondary N) is 1. The third-order valence-electron chi connectivity index (χ3n) is 3.57. The van der Waals surface area contributed by atoms with E-state index in [1.807, 2.05) is 0 Å². The van der Waals surface area contributed by atoms with Crippen molar-refractivity contribution in [3.8, 4) is 0 Å². The predicted octanol–water partition coefficient (Wildman–Crippen LogP) is 3.52. The van der Waals surface area contributed by atoms with Crippen LogP contribution in [0, 0.1) is 5.92 Å². The number of hydrogen-bond donors (Lipinski definition) is 1. The fourth-order valence-electron chi connectivity index (χ4n) is 2.27. The van der Waals surface area contributed by atoms with E-state index in [1.165, 1.54) is 12.0 Å². The van der Waals surface area contributed by atoms with Gasteiger partial charge in [-0.05, 0) is 43.9 Å². The van der Waals surface area contributed by atoms with Crippen LogP contribution in [0.25, 0.3) is 0 Å². The first kappa shape index (κ1) is 13.1. The Bertz CT molecular complexity index is 369. The monoisotopic (exact) mass is 297 g/mol. The van der Waals surface area contributed by atoms with Gasteiger partial charge in [-0.1, -0.05) is 28.1 Å². The molecule has 0 bridgehead atoms. The van der Waals surface area contributed by atoms with Gasteiger partial charge < -0.3 is 10.1 Å². The molecule has 1 saturated heterocycles. The molecule has 0 spiro atoms. The molecule has 1 fully saturated rings. The second kappa shape index (κ2) is 5.98. The van der Waals surface area contributed by atoms with Gasteiger partial charge >= 0.3 is 0 Å². The van der Waals surface area contributed by atoms with Crippen LogP contribution in [0.5, 0.6) is 0 Å². The molecule has 0 aliphatic carbocycles. The van der Waals surface area contributed by atoms with E-state index in [4.69, 9.17) is 4.74 Å². The summed E-state index contributed by atoms with van der Waals surface area (Å²) in [5.74, 6) is 0.657. The van der Waals surface area contributed by atoms with E-state index in [0.717, 1.165) is 17.6 Å². The zero-order valence-corrected chi connectivity index (χ0v) is 12.0. The molecule has 2 rings (SSSR count). The first-order chi connectivity index (χ1) is 8.16. The van der Waals surface area contributed by atoms with Crippen LogP contribution in [-0.4, -0.2) is 19.3 Å². The molecule has 1 aromatic carbocycles. The Balaban J connectivity index is 1.86. The summed E-state index contributed by atoms with van der Waals surface area (Å²) in [7, 11) is 0. The van der Waals surface area contributed by atoms with E-state index in [-0.39, 0.29) is 0 Å². The third-order valence-corrected chi connectivity index (χ3v) is 4.06. The van der Waals surface area contributed by atoms with Crippen LogP contribution >= 0.6 is 15.9 Å². The van der Waals surface area contributed by atoms with Crippen molar-refractivity contribution < 1.29 is 4.74 Å². The highest BCUT2D eigenvalue weighted by Crippen LogP contribution is 2.22. The Morgan fingerprint density at radius 3 is 3.00 bits per heavy atom. The highest BCUT2D eigenvalue weighted by atomic mass is 79.9. The number of hydrogen-bond acceptors (Lipinski definition) is 2. The first-order valence-corrected chi connectivity index (χ1v) is 7.06. The van der Waals surface area contributed by atoms with E-state index in [2.05, 4.69) is 59.4 Å². The van der Waals surface area contributed by atoms with Crippen LogP contribution in [0.2, 0.25) is 0 Å². The van der Waals surface area contributed by atoms with Gasteiger partial charge in [-0.3, -0.25) is 0 Å². The zero-order valence-electron chi connectivity index (χ0n) is 10.4. The highest BCUT2D eigenvalue weighted by molar-refractivity contribution is 9.10. The quantitative estimate of drug-likeness (QED) is 0.918. The molecule has 94 valence electrons. The largest absolute Gasteiger partial charge is 0.378 e. The first-order valence-electron chi connectivity index (χ1n) is 6.27. The van der Waals surface area contributed by atoms with Crippen molar-refractivity contribution in [3.05, 3.63) is 34.3 Å². The van der Waals surface area contributed by atoms with Crippen LogP contribution in [0.4, 0.5) is 0 Å². The van der Waals surface area contributed by atoms with Crippen molar-refractivity contribution in [3.63, 3.8) is 0 Å². The lowest BCUT2D eigenvalue weighted by molar-refractivity contribution is 0.105. The van der Waals surface area contributed by atoms with Crippen molar-refractivity contribution in [1.29, 1.82) is 0 Å². The maximum absolute atomic E-state index is 5.58. The van der Waals surface area contributed by atoms with E-state index >= 15 is 0 Å². The standard InChI is InChI=1S/C14H20BrNO/c1-10(12-4-3-5-14(15)8-12)16-9-13-6-7-17-11(13)2/h3-5,8,10-11,13,16H,6-7,9H2,1-2H3. The summed E-state index contributed by atoms with van der Waals surface area (Å²) in [5.41, 5.74) is 1.32. The summed E-state index contributed by atoms with van der Waals surface area (Å²) in [6, 6.07) is 8.87. The molecule has 3 heteroatoms. The maximum atomic E-state index is 5.58. The lowest BCUT2D eigenvalue weighted by Gasteiger charge is -2.19. The predicted molar refractivity (Wildman–Crippen MR) is 74.1 cm³/mol. The zero-order chi connectivity index (χ0) is 12.3. The molecule has 0 saturated carbocycles. The van der Waals surface area contributed by atoms with Gasteiger partial charge in [0.25, 0.3) is 0 Å². The van der Waals surface area contributed by atoms with E-state index in [9.17, 15) is 0 Å². The van der Waals surface area contributed by atoms with E-state index in [0.29, 0.717) is 18.1 Å². The summed E-state index contributed by atoms with van der Waals surface area (Å²) in [6.45, 7) is 6.33. The molecule has 1 heterocycles. The van der Waals surface area contributed by atoms with Gasteiger partial charge in [-0.2, -0.15) is 0 Å². The number of benzene rings is 1. The van der Waals surface area contributed by atoms with Crippen molar-refractivity contribution in [2.75, 3.05) is 13.2 Å². The van der Waals surface area contributed by atoms with Crippen molar-refractivity contribution >= 4 is 15.9 Å². The summed E-state index contributed by atoms with van der Waals surface area (Å²) < 4.78 is 6.72. The van der Waals surface area contributed by atoms with Crippen LogP contribution in [0.15, 0.2) is 28.7 Å². The summed E-state index contributed by atoms with van der Waals surface area (Å²) in [6.07, 6.45) is 1.58. The Morgan fingerprint density at radius 2 is 2.35 bits per heavy atom. The number of halogens is 1. The summed E-state index contributed by atoms with van der Waals surface area (Å²) >= 11 is 3.51. The van der Waals surface area contributed by atoms with Crippen LogP contribution in [0.1, 0.15) is 31.9 Å². The molecule has 0 radical (unpaired) electrons. The maximum Gasteiger partial charge on any atom is 0.0588 e. The Morgan fingerprint density at radius 1 is 1.53 bits per heavy atom. The van der Waals surface area contributed by atoms with E-state index < -0.39 is 0 Å². The molecule has 0 aromatic heterocycles. The molecule has 2 nitrogen and oxygen atoms in total. The molecule has 1 N–H and O–H groups in total. The smallest absolute Gasteiger partial charge is 0.0588 e. The SMILES string of the molecule is CC(NCC1CCOC1C)c1cccc(Br)c1. The minimum Gasteiger partial charge on any atom is -0.378 e. The van der Waals surface area contributed by atoms with Gasteiger partial charge in [-0.25, -0.2) is 0 Å². The number of rotatable bonds is 4. The second-order valence-electron chi connectivity index (χ2n) is 4.81. The minimum absolute atomic E-state index is 0.389. The van der Waals surface area contributed by atoms with Crippen molar-refractivity contribution in [2.24, 2.45) is 5.92 Å². The topological polar surface area (TPSA) is 21.3 Å². The number of ether oxygens (including phenoxy) is 1. The third kappa shape index (κ3) is 3.54. The molecule has 17 heavy (non-hydrogen) atoms. The normalized spacial score (nSPS) is 26.1. The van der Waals surface area contributed by atoms with Crippen molar-refractivity contribution in [2.45, 2.75) is 32.4 Å². The van der Waals surface area contributed by atoms with E-state index in [1.54, 1.807) is 0 Å². The molecule has 1 aliphatic heterocycles. The average molecular weight is 298 g/mol. The lowest BCUT2D eigenvalue weighted by atomic mass is 10.0. The van der Waals surface area contributed by atoms with Gasteiger partial charge in [0.1, 0.15) is 0 Å². The molecule has 0 amide bonds. The Kier molecular flexibility index (Phi) is 4.60. The highest BCUT2D eigenvalue weighted by Gasteiger charge is 2.24. The van der Waals surface area contributed by atoms with Gasteiger partial charge in [-0.15, -0.1) is 0 Å². The molecule has 1 aliphatic rings. The average Bonchev–Trinajstić information content (AvgIpc) is 2.72. The van der Waals surface area contributed by atoms with Crippen LogP contribution in [-0.2, 0) is 4.74 Å². The Hall–Kier alpha value is -0.380. The molecule has 3 atom stereocenters. The second-order valence-corrected chi connectivity index (χ2v) is 5.73. The molecule has 1 aromatic rings. The van der Waals surface area contributed by atoms with Crippen LogP contribution in [0.3, 0.4) is 0 Å². The van der Waals surface area contributed by atoms with Gasteiger partial charge in [0, 0.05) is 23.7 Å². The lowest BCUT2D eigenvalue weighted by Crippen LogP contribution is -2.29. The summed E-state index contributed by atoms with van der Waals surface area (Å²) in [4.78, 5) is 0. The molecule has 3 unspecified atom stereocenters. The van der Waals surface area contributed by atoms with Crippen molar-refractivity contribution in [1.82, 2.24) is 5.32 Å². The van der Waals surface area contributed by atoms with Gasteiger partial charge in [0.05, 0.1) is 6.10 Å². The van der Waals surface area contributed by atoms with Gasteiger partial charge in [0.2, 0.25) is 0 Å².